The molecule has 1 amide bonds. The molecule has 0 bridgehead atoms. The van der Waals surface area contributed by atoms with Gasteiger partial charge >= 0.3 is 0 Å². The monoisotopic (exact) mass is 391 g/mol. The maximum absolute atomic E-state index is 12.2. The molecule has 8 nitrogen and oxygen atoms in total. The molecule has 1 N–H and O–H groups in total. The van der Waals surface area contributed by atoms with Crippen LogP contribution >= 0.6 is 0 Å². The zero-order chi connectivity index (χ0) is 19.3. The molecule has 1 aromatic carbocycles. The van der Waals surface area contributed by atoms with E-state index in [1.807, 2.05) is 12.1 Å². The number of carbonyl (C=O) groups is 1. The van der Waals surface area contributed by atoms with Crippen LogP contribution in [-0.2, 0) is 21.4 Å². The van der Waals surface area contributed by atoms with Crippen LogP contribution in [0.15, 0.2) is 42.6 Å². The van der Waals surface area contributed by atoms with Gasteiger partial charge in [-0.1, -0.05) is 6.07 Å². The molecular weight excluding hydrogens is 370 g/mol. The predicted octanol–water partition coefficient (Wildman–Crippen LogP) is 1.67. The molecule has 1 aromatic heterocycles. The van der Waals surface area contributed by atoms with E-state index in [0.717, 1.165) is 11.9 Å². The molecule has 0 unspecified atom stereocenters. The maximum Gasteiger partial charge on any atom is 0.232 e. The Balaban J connectivity index is 1.55. The lowest BCUT2D eigenvalue weighted by atomic mass is 10.2. The van der Waals surface area contributed by atoms with Gasteiger partial charge in [-0.2, -0.15) is 0 Å². The summed E-state index contributed by atoms with van der Waals surface area (Å²) in [4.78, 5) is 16.1. The Morgan fingerprint density at radius 1 is 1.22 bits per heavy atom. The highest BCUT2D eigenvalue weighted by atomic mass is 32.2. The normalized spacial score (nSPS) is 12.6. The third-order valence-corrected chi connectivity index (χ3v) is 5.20. The molecule has 1 aliphatic rings. The number of amides is 1. The minimum Gasteiger partial charge on any atom is -0.454 e. The number of nitrogens with one attached hydrogen (secondary N) is 1. The van der Waals surface area contributed by atoms with Gasteiger partial charge in [0.05, 0.1) is 24.2 Å². The van der Waals surface area contributed by atoms with Gasteiger partial charge < -0.3 is 14.8 Å². The molecule has 0 saturated carbocycles. The molecule has 0 aliphatic carbocycles. The SMILES string of the molecule is CS(=O)(=O)N(CCCC(=O)NCc1ccccn1)c1ccc2c(c1)OCO2. The van der Waals surface area contributed by atoms with Crippen LogP contribution in [0.5, 0.6) is 11.5 Å². The molecule has 0 saturated heterocycles. The van der Waals surface area contributed by atoms with Crippen LogP contribution in [0.1, 0.15) is 18.5 Å². The molecular formula is C18H21N3O5S. The highest BCUT2D eigenvalue weighted by molar-refractivity contribution is 7.92. The van der Waals surface area contributed by atoms with Crippen molar-refractivity contribution < 1.29 is 22.7 Å². The summed E-state index contributed by atoms with van der Waals surface area (Å²) in [5, 5.41) is 2.78. The Labute approximate surface area is 158 Å². The number of carbonyl (C=O) groups excluding carboxylic acids is 1. The van der Waals surface area contributed by atoms with E-state index in [4.69, 9.17) is 9.47 Å². The van der Waals surface area contributed by atoms with Crippen molar-refractivity contribution in [2.24, 2.45) is 0 Å². The lowest BCUT2D eigenvalue weighted by molar-refractivity contribution is -0.121. The second kappa shape index (κ2) is 8.26. The van der Waals surface area contributed by atoms with Crippen molar-refractivity contribution >= 4 is 21.6 Å². The van der Waals surface area contributed by atoms with Gasteiger partial charge in [-0.15, -0.1) is 0 Å². The molecule has 2 heterocycles. The standard InChI is InChI=1S/C18H21N3O5S/c1-27(23,24)21(15-7-8-16-17(11-15)26-13-25-16)10-4-6-18(22)20-12-14-5-2-3-9-19-14/h2-3,5,7-9,11H,4,6,10,12-13H2,1H3,(H,20,22). The van der Waals surface area contributed by atoms with E-state index in [2.05, 4.69) is 10.3 Å². The summed E-state index contributed by atoms with van der Waals surface area (Å²) in [6.45, 7) is 0.654. The predicted molar refractivity (Wildman–Crippen MR) is 100 cm³/mol. The summed E-state index contributed by atoms with van der Waals surface area (Å²) >= 11 is 0. The lowest BCUT2D eigenvalue weighted by Crippen LogP contribution is -2.32. The fourth-order valence-corrected chi connectivity index (χ4v) is 3.65. The Hall–Kier alpha value is -2.81. The average molecular weight is 391 g/mol. The molecule has 27 heavy (non-hydrogen) atoms. The van der Waals surface area contributed by atoms with E-state index in [0.29, 0.717) is 30.2 Å². The van der Waals surface area contributed by atoms with E-state index in [-0.39, 0.29) is 25.7 Å². The van der Waals surface area contributed by atoms with Crippen molar-refractivity contribution in [1.82, 2.24) is 10.3 Å². The van der Waals surface area contributed by atoms with E-state index in [1.54, 1.807) is 30.5 Å². The third kappa shape index (κ3) is 5.10. The van der Waals surface area contributed by atoms with Crippen LogP contribution in [0, 0.1) is 0 Å². The maximum atomic E-state index is 12.2. The first-order chi connectivity index (χ1) is 12.9. The fraction of sp³-hybridized carbons (Fsp3) is 0.333. The Bertz CT molecular complexity index is 902. The molecule has 3 rings (SSSR count). The largest absolute Gasteiger partial charge is 0.454 e. The van der Waals surface area contributed by atoms with E-state index >= 15 is 0 Å². The van der Waals surface area contributed by atoms with Gasteiger partial charge in [-0.25, -0.2) is 8.42 Å². The number of fused-ring (bicyclic) bond motifs is 1. The summed E-state index contributed by atoms with van der Waals surface area (Å²) in [7, 11) is -3.49. The number of aromatic nitrogens is 1. The highest BCUT2D eigenvalue weighted by Gasteiger charge is 2.21. The van der Waals surface area contributed by atoms with Crippen LogP contribution in [0.2, 0.25) is 0 Å². The third-order valence-electron chi connectivity index (χ3n) is 4.00. The number of nitrogens with zero attached hydrogens (tertiary/aromatic N) is 2. The van der Waals surface area contributed by atoms with Crippen molar-refractivity contribution in [2.45, 2.75) is 19.4 Å². The van der Waals surface area contributed by atoms with Crippen molar-refractivity contribution in [3.8, 4) is 11.5 Å². The molecule has 0 spiro atoms. The Morgan fingerprint density at radius 2 is 2.04 bits per heavy atom. The number of anilines is 1. The van der Waals surface area contributed by atoms with Gasteiger partial charge in [0, 0.05) is 25.2 Å². The van der Waals surface area contributed by atoms with Crippen molar-refractivity contribution in [3.63, 3.8) is 0 Å². The first kappa shape index (κ1) is 19.0. The van der Waals surface area contributed by atoms with Gasteiger partial charge in [0.15, 0.2) is 11.5 Å². The van der Waals surface area contributed by atoms with Crippen molar-refractivity contribution in [1.29, 1.82) is 0 Å². The first-order valence-electron chi connectivity index (χ1n) is 8.47. The quantitative estimate of drug-likeness (QED) is 0.735. The van der Waals surface area contributed by atoms with E-state index in [1.165, 1.54) is 4.31 Å². The molecule has 2 aromatic rings. The summed E-state index contributed by atoms with van der Waals surface area (Å²) in [6, 6.07) is 10.5. The zero-order valence-electron chi connectivity index (χ0n) is 14.9. The molecule has 9 heteroatoms. The van der Waals surface area contributed by atoms with Gasteiger partial charge in [0.2, 0.25) is 22.7 Å². The molecule has 1 aliphatic heterocycles. The van der Waals surface area contributed by atoms with Crippen LogP contribution in [0.3, 0.4) is 0 Å². The Morgan fingerprint density at radius 3 is 2.78 bits per heavy atom. The van der Waals surface area contributed by atoms with Crippen molar-refractivity contribution in [3.05, 3.63) is 48.3 Å². The minimum absolute atomic E-state index is 0.119. The molecule has 0 atom stereocenters. The van der Waals surface area contributed by atoms with Gasteiger partial charge in [0.1, 0.15) is 0 Å². The lowest BCUT2D eigenvalue weighted by Gasteiger charge is -2.22. The summed E-state index contributed by atoms with van der Waals surface area (Å²) in [6.07, 6.45) is 3.40. The number of benzene rings is 1. The van der Waals surface area contributed by atoms with Gasteiger partial charge in [0.25, 0.3) is 0 Å². The minimum atomic E-state index is -3.49. The van der Waals surface area contributed by atoms with E-state index in [9.17, 15) is 13.2 Å². The van der Waals surface area contributed by atoms with Crippen LogP contribution in [0.25, 0.3) is 0 Å². The first-order valence-corrected chi connectivity index (χ1v) is 10.3. The second-order valence-corrected chi connectivity index (χ2v) is 7.98. The number of pyridine rings is 1. The fourth-order valence-electron chi connectivity index (χ4n) is 2.69. The Kier molecular flexibility index (Phi) is 5.80. The number of ether oxygens (including phenoxy) is 2. The van der Waals surface area contributed by atoms with Crippen molar-refractivity contribution in [2.75, 3.05) is 23.9 Å². The van der Waals surface area contributed by atoms with Gasteiger partial charge in [-0.05, 0) is 30.7 Å². The van der Waals surface area contributed by atoms with E-state index < -0.39 is 10.0 Å². The number of hydrogen-bond donors (Lipinski definition) is 1. The molecule has 0 fully saturated rings. The van der Waals surface area contributed by atoms with Crippen LogP contribution in [-0.4, -0.2) is 38.9 Å². The average Bonchev–Trinajstić information content (AvgIpc) is 3.11. The molecule has 144 valence electrons. The summed E-state index contributed by atoms with van der Waals surface area (Å²) in [5.74, 6) is 0.940. The van der Waals surface area contributed by atoms with Crippen LogP contribution in [0.4, 0.5) is 5.69 Å². The number of hydrogen-bond acceptors (Lipinski definition) is 6. The zero-order valence-corrected chi connectivity index (χ0v) is 15.7. The number of sulfonamides is 1. The number of rotatable bonds is 8. The molecule has 0 radical (unpaired) electrons. The second-order valence-electron chi connectivity index (χ2n) is 6.07. The van der Waals surface area contributed by atoms with Crippen LogP contribution < -0.4 is 19.1 Å². The smallest absolute Gasteiger partial charge is 0.232 e. The summed E-state index contributed by atoms with van der Waals surface area (Å²) < 4.78 is 36.1. The van der Waals surface area contributed by atoms with Gasteiger partial charge in [-0.3, -0.25) is 14.1 Å². The topological polar surface area (TPSA) is 97.8 Å². The highest BCUT2D eigenvalue weighted by Crippen LogP contribution is 2.36. The summed E-state index contributed by atoms with van der Waals surface area (Å²) in [5.41, 5.74) is 1.25.